The molecule has 0 bridgehead atoms. The summed E-state index contributed by atoms with van der Waals surface area (Å²) >= 11 is 0. The third-order valence-corrected chi connectivity index (χ3v) is 4.70. The molecule has 4 atom stereocenters. The zero-order valence-electron chi connectivity index (χ0n) is 19.5. The molecule has 5 amide bonds. The predicted molar refractivity (Wildman–Crippen MR) is 121 cm³/mol. The first-order valence-electron chi connectivity index (χ1n) is 10.9. The number of nitrogens with one attached hydrogen (secondary N) is 3. The lowest BCUT2D eigenvalue weighted by atomic mass is 10.0. The van der Waals surface area contributed by atoms with Crippen LogP contribution < -0.4 is 38.9 Å². The number of hydrogen-bond donors (Lipinski definition) is 8. The summed E-state index contributed by atoms with van der Waals surface area (Å²) in [7, 11) is 0. The molecule has 0 rings (SSSR count). The van der Waals surface area contributed by atoms with Gasteiger partial charge in [-0.25, -0.2) is 4.79 Å². The lowest BCUT2D eigenvalue weighted by Gasteiger charge is -2.24. The monoisotopic (exact) mass is 487 g/mol. The van der Waals surface area contributed by atoms with Crippen molar-refractivity contribution >= 4 is 35.5 Å². The largest absolute Gasteiger partial charge is 0.480 e. The van der Waals surface area contributed by atoms with Gasteiger partial charge < -0.3 is 44.0 Å². The van der Waals surface area contributed by atoms with Crippen molar-refractivity contribution in [2.45, 2.75) is 76.5 Å². The zero-order valence-corrected chi connectivity index (χ0v) is 19.5. The number of nitrogens with two attached hydrogens (primary N) is 4. The van der Waals surface area contributed by atoms with Gasteiger partial charge in [-0.1, -0.05) is 20.3 Å². The standard InChI is InChI=1S/C20H37N7O7/c1-10(2)7-14(20(33)34)27-19(32)13(9-16(24)29)26-18(31)12(8-15(23)28)25-17(30)11(22)5-3-4-6-21/h10-14H,3-9,21-22H2,1-2H3,(H2,23,28)(H2,24,29)(H,25,30)(H,26,31)(H,27,32)(H,33,34). The molecule has 0 aromatic carbocycles. The second-order valence-corrected chi connectivity index (χ2v) is 8.38. The van der Waals surface area contributed by atoms with Gasteiger partial charge in [0.05, 0.1) is 18.9 Å². The molecule has 14 nitrogen and oxygen atoms in total. The van der Waals surface area contributed by atoms with Gasteiger partial charge >= 0.3 is 5.97 Å². The molecule has 0 saturated carbocycles. The lowest BCUT2D eigenvalue weighted by Crippen LogP contribution is -2.58. The second kappa shape index (κ2) is 15.6. The maximum absolute atomic E-state index is 12.8. The van der Waals surface area contributed by atoms with Gasteiger partial charge in [0.15, 0.2) is 0 Å². The minimum atomic E-state index is -1.55. The molecule has 4 unspecified atom stereocenters. The number of rotatable bonds is 17. The zero-order chi connectivity index (χ0) is 26.4. The van der Waals surface area contributed by atoms with Crippen molar-refractivity contribution < 1.29 is 33.9 Å². The third-order valence-electron chi connectivity index (χ3n) is 4.70. The molecule has 0 aromatic heterocycles. The van der Waals surface area contributed by atoms with E-state index >= 15 is 0 Å². The Kier molecular flexibility index (Phi) is 14.1. The van der Waals surface area contributed by atoms with Crippen LogP contribution in [0.15, 0.2) is 0 Å². The van der Waals surface area contributed by atoms with Crippen molar-refractivity contribution in [1.82, 2.24) is 16.0 Å². The van der Waals surface area contributed by atoms with E-state index in [-0.39, 0.29) is 18.8 Å². The first-order chi connectivity index (χ1) is 15.8. The van der Waals surface area contributed by atoms with E-state index in [1.165, 1.54) is 0 Å². The summed E-state index contributed by atoms with van der Waals surface area (Å²) in [5, 5.41) is 16.1. The Labute approximate surface area is 197 Å². The number of carbonyl (C=O) groups is 6. The highest BCUT2D eigenvalue weighted by Crippen LogP contribution is 2.07. The summed E-state index contributed by atoms with van der Waals surface area (Å²) < 4.78 is 0. The Morgan fingerprint density at radius 1 is 0.765 bits per heavy atom. The van der Waals surface area contributed by atoms with Crippen molar-refractivity contribution in [3.8, 4) is 0 Å². The number of carboxylic acid groups (broad SMARTS) is 1. The number of hydrogen-bond acceptors (Lipinski definition) is 8. The van der Waals surface area contributed by atoms with Crippen molar-refractivity contribution in [2.24, 2.45) is 28.9 Å². The molecule has 12 N–H and O–H groups in total. The fraction of sp³-hybridized carbons (Fsp3) is 0.700. The predicted octanol–water partition coefficient (Wildman–Crippen LogP) is -3.22. The topological polar surface area (TPSA) is 263 Å². The number of carboxylic acids is 1. The molecule has 0 spiro atoms. The van der Waals surface area contributed by atoms with Crippen molar-refractivity contribution in [3.05, 3.63) is 0 Å². The summed E-state index contributed by atoms with van der Waals surface area (Å²) in [6.07, 6.45) is 0.336. The Morgan fingerprint density at radius 3 is 1.59 bits per heavy atom. The van der Waals surface area contributed by atoms with E-state index in [0.717, 1.165) is 0 Å². The minimum absolute atomic E-state index is 0.0743. The van der Waals surface area contributed by atoms with E-state index in [1.807, 2.05) is 0 Å². The quantitative estimate of drug-likeness (QED) is 0.0957. The molecule has 0 radical (unpaired) electrons. The summed E-state index contributed by atoms with van der Waals surface area (Å²) in [5.74, 6) is -5.94. The van der Waals surface area contributed by atoms with Crippen molar-refractivity contribution in [2.75, 3.05) is 6.54 Å². The fourth-order valence-electron chi connectivity index (χ4n) is 2.98. The third kappa shape index (κ3) is 12.7. The van der Waals surface area contributed by atoms with E-state index in [9.17, 15) is 33.9 Å². The molecule has 0 fully saturated rings. The summed E-state index contributed by atoms with van der Waals surface area (Å²) in [6.45, 7) is 3.93. The van der Waals surface area contributed by atoms with E-state index in [4.69, 9.17) is 22.9 Å². The Morgan fingerprint density at radius 2 is 1.21 bits per heavy atom. The Bertz CT molecular complexity index is 745. The van der Waals surface area contributed by atoms with Crippen LogP contribution in [0.1, 0.15) is 52.4 Å². The number of aliphatic carboxylic acids is 1. The Balaban J connectivity index is 5.47. The molecule has 194 valence electrons. The van der Waals surface area contributed by atoms with Crippen LogP contribution in [0.25, 0.3) is 0 Å². The molecule has 0 aromatic rings. The Hall–Kier alpha value is -3.26. The number of carbonyl (C=O) groups excluding carboxylic acids is 5. The highest BCUT2D eigenvalue weighted by Gasteiger charge is 2.32. The van der Waals surface area contributed by atoms with Gasteiger partial charge in [-0.05, 0) is 31.7 Å². The van der Waals surface area contributed by atoms with Crippen LogP contribution >= 0.6 is 0 Å². The average molecular weight is 488 g/mol. The van der Waals surface area contributed by atoms with Crippen LogP contribution in [0.5, 0.6) is 0 Å². The molecule has 34 heavy (non-hydrogen) atoms. The highest BCUT2D eigenvalue weighted by atomic mass is 16.4. The van der Waals surface area contributed by atoms with Crippen molar-refractivity contribution in [1.29, 1.82) is 0 Å². The smallest absolute Gasteiger partial charge is 0.326 e. The van der Waals surface area contributed by atoms with Gasteiger partial charge in [-0.2, -0.15) is 0 Å². The van der Waals surface area contributed by atoms with Crippen LogP contribution in [-0.4, -0.2) is 71.3 Å². The van der Waals surface area contributed by atoms with Gasteiger partial charge in [0.25, 0.3) is 0 Å². The lowest BCUT2D eigenvalue weighted by molar-refractivity contribution is -0.143. The van der Waals surface area contributed by atoms with E-state index < -0.39 is 72.5 Å². The van der Waals surface area contributed by atoms with Gasteiger partial charge in [0, 0.05) is 0 Å². The molecule has 14 heteroatoms. The van der Waals surface area contributed by atoms with Gasteiger partial charge in [-0.15, -0.1) is 0 Å². The molecular formula is C20H37N7O7. The number of unbranched alkanes of at least 4 members (excludes halogenated alkanes) is 1. The summed E-state index contributed by atoms with van der Waals surface area (Å²) in [4.78, 5) is 72.0. The normalized spacial score (nSPS) is 14.4. The minimum Gasteiger partial charge on any atom is -0.480 e. The summed E-state index contributed by atoms with van der Waals surface area (Å²) in [6, 6.07) is -5.29. The molecule has 0 aliphatic rings. The molecule has 0 aliphatic heterocycles. The number of primary amides is 2. The highest BCUT2D eigenvalue weighted by molar-refractivity contribution is 5.97. The van der Waals surface area contributed by atoms with Gasteiger partial charge in [-0.3, -0.25) is 24.0 Å². The van der Waals surface area contributed by atoms with E-state index in [1.54, 1.807) is 13.8 Å². The van der Waals surface area contributed by atoms with E-state index in [2.05, 4.69) is 16.0 Å². The molecule has 0 heterocycles. The first kappa shape index (κ1) is 30.7. The average Bonchev–Trinajstić information content (AvgIpc) is 2.71. The molecular weight excluding hydrogens is 450 g/mol. The van der Waals surface area contributed by atoms with Crippen LogP contribution in [0.4, 0.5) is 0 Å². The molecule has 0 saturated heterocycles. The summed E-state index contributed by atoms with van der Waals surface area (Å²) in [5.41, 5.74) is 21.5. The maximum atomic E-state index is 12.8. The SMILES string of the molecule is CC(C)CC(NC(=O)C(CC(N)=O)NC(=O)C(CC(N)=O)NC(=O)C(N)CCCCN)C(=O)O. The van der Waals surface area contributed by atoms with Crippen LogP contribution in [-0.2, 0) is 28.8 Å². The molecule has 0 aliphatic carbocycles. The van der Waals surface area contributed by atoms with Gasteiger partial charge in [0.2, 0.25) is 29.5 Å². The van der Waals surface area contributed by atoms with Crippen LogP contribution in [0, 0.1) is 5.92 Å². The van der Waals surface area contributed by atoms with Crippen molar-refractivity contribution in [3.63, 3.8) is 0 Å². The van der Waals surface area contributed by atoms with Crippen LogP contribution in [0.2, 0.25) is 0 Å². The first-order valence-corrected chi connectivity index (χ1v) is 10.9. The van der Waals surface area contributed by atoms with Gasteiger partial charge in [0.1, 0.15) is 18.1 Å². The van der Waals surface area contributed by atoms with Crippen LogP contribution in [0.3, 0.4) is 0 Å². The van der Waals surface area contributed by atoms with E-state index in [0.29, 0.717) is 19.4 Å². The fourth-order valence-corrected chi connectivity index (χ4v) is 2.98. The second-order valence-electron chi connectivity index (χ2n) is 8.38. The maximum Gasteiger partial charge on any atom is 0.326 e. The number of amides is 5.